The molecule has 17 heavy (non-hydrogen) atoms. The molecule has 0 bridgehead atoms. The quantitative estimate of drug-likeness (QED) is 0.494. The van der Waals surface area contributed by atoms with E-state index in [4.69, 9.17) is 0 Å². The molecule has 0 aliphatic heterocycles. The Bertz CT molecular complexity index is 470. The minimum absolute atomic E-state index is 0.223. The van der Waals surface area contributed by atoms with Crippen LogP contribution in [0, 0.1) is 6.92 Å². The second kappa shape index (κ2) is 4.87. The average Bonchev–Trinajstić information content (AvgIpc) is 3.08. The first-order chi connectivity index (χ1) is 8.13. The van der Waals surface area contributed by atoms with Gasteiger partial charge in [-0.1, -0.05) is 6.08 Å². The molecule has 1 aromatic rings. The molecule has 0 amide bonds. The van der Waals surface area contributed by atoms with Gasteiger partial charge in [0, 0.05) is 11.7 Å². The Morgan fingerprint density at radius 2 is 2.29 bits per heavy atom. The van der Waals surface area contributed by atoms with Gasteiger partial charge in [0.15, 0.2) is 0 Å². The van der Waals surface area contributed by atoms with Gasteiger partial charge < -0.3 is 5.11 Å². The van der Waals surface area contributed by atoms with Crippen molar-refractivity contribution in [1.82, 2.24) is 9.97 Å². The van der Waals surface area contributed by atoms with Crippen molar-refractivity contribution in [2.24, 2.45) is 0 Å². The fraction of sp³-hybridized carbons (Fsp3) is 0.417. The molecule has 0 unspecified atom stereocenters. The summed E-state index contributed by atoms with van der Waals surface area (Å²) in [6.07, 6.45) is 3.96. The molecule has 0 radical (unpaired) electrons. The van der Waals surface area contributed by atoms with Crippen LogP contribution in [0.1, 0.15) is 40.6 Å². The number of aromatic nitrogens is 2. The third-order valence-corrected chi connectivity index (χ3v) is 3.54. The van der Waals surface area contributed by atoms with Crippen LogP contribution in [0.4, 0.5) is 0 Å². The maximum atomic E-state index is 11.2. The highest BCUT2D eigenvalue weighted by Crippen LogP contribution is 2.39. The standard InChI is InChI=1S/C12H14N2O2S/c1-3-6-17-11-9(12(15)16)7(2)13-10(14-11)8-4-5-8/h3,8H,1,4-6H2,2H3,(H,15,16). The molecular formula is C12H14N2O2S. The van der Waals surface area contributed by atoms with Crippen molar-refractivity contribution in [2.45, 2.75) is 30.7 Å². The highest BCUT2D eigenvalue weighted by Gasteiger charge is 2.29. The second-order valence-corrected chi connectivity index (χ2v) is 5.04. The van der Waals surface area contributed by atoms with Crippen LogP contribution in [0.15, 0.2) is 17.7 Å². The Hall–Kier alpha value is -1.36. The van der Waals surface area contributed by atoms with E-state index in [0.29, 0.717) is 22.4 Å². The van der Waals surface area contributed by atoms with Crippen LogP contribution in [0.3, 0.4) is 0 Å². The summed E-state index contributed by atoms with van der Waals surface area (Å²) in [4.78, 5) is 19.9. The van der Waals surface area contributed by atoms with E-state index in [0.717, 1.165) is 18.7 Å². The number of hydrogen-bond acceptors (Lipinski definition) is 4. The molecule has 1 aliphatic rings. The van der Waals surface area contributed by atoms with Gasteiger partial charge in [0.2, 0.25) is 0 Å². The zero-order chi connectivity index (χ0) is 12.4. The predicted octanol–water partition coefficient (Wildman–Crippen LogP) is 2.64. The molecule has 2 rings (SSSR count). The highest BCUT2D eigenvalue weighted by molar-refractivity contribution is 7.99. The van der Waals surface area contributed by atoms with E-state index >= 15 is 0 Å². The fourth-order valence-electron chi connectivity index (χ4n) is 1.58. The molecule has 1 N–H and O–H groups in total. The van der Waals surface area contributed by atoms with E-state index in [1.807, 2.05) is 0 Å². The van der Waals surface area contributed by atoms with Crippen LogP contribution in [-0.2, 0) is 0 Å². The van der Waals surface area contributed by atoms with Crippen LogP contribution < -0.4 is 0 Å². The Balaban J connectivity index is 2.41. The zero-order valence-corrected chi connectivity index (χ0v) is 10.5. The van der Waals surface area contributed by atoms with E-state index in [1.54, 1.807) is 13.0 Å². The molecule has 1 aliphatic carbocycles. The van der Waals surface area contributed by atoms with Gasteiger partial charge in [0.1, 0.15) is 16.4 Å². The topological polar surface area (TPSA) is 63.1 Å². The lowest BCUT2D eigenvalue weighted by Gasteiger charge is -2.08. The van der Waals surface area contributed by atoms with Crippen molar-refractivity contribution in [3.63, 3.8) is 0 Å². The molecule has 5 heteroatoms. The number of hydrogen-bond donors (Lipinski definition) is 1. The van der Waals surface area contributed by atoms with Gasteiger partial charge in [-0.25, -0.2) is 14.8 Å². The molecule has 0 spiro atoms. The highest BCUT2D eigenvalue weighted by atomic mass is 32.2. The fourth-order valence-corrected chi connectivity index (χ4v) is 2.39. The molecule has 0 saturated heterocycles. The maximum Gasteiger partial charge on any atom is 0.340 e. The van der Waals surface area contributed by atoms with Crippen LogP contribution in [0.2, 0.25) is 0 Å². The smallest absolute Gasteiger partial charge is 0.340 e. The monoisotopic (exact) mass is 250 g/mol. The third kappa shape index (κ3) is 2.66. The van der Waals surface area contributed by atoms with E-state index in [2.05, 4.69) is 16.5 Å². The molecule has 1 fully saturated rings. The number of aryl methyl sites for hydroxylation is 1. The van der Waals surface area contributed by atoms with E-state index < -0.39 is 5.97 Å². The summed E-state index contributed by atoms with van der Waals surface area (Å²) in [5, 5.41) is 9.73. The van der Waals surface area contributed by atoms with Crippen molar-refractivity contribution in [3.8, 4) is 0 Å². The van der Waals surface area contributed by atoms with Crippen molar-refractivity contribution >= 4 is 17.7 Å². The normalized spacial score (nSPS) is 14.6. The van der Waals surface area contributed by atoms with E-state index in [9.17, 15) is 9.90 Å². The van der Waals surface area contributed by atoms with Crippen molar-refractivity contribution < 1.29 is 9.90 Å². The van der Waals surface area contributed by atoms with Gasteiger partial charge in [-0.2, -0.15) is 0 Å². The summed E-state index contributed by atoms with van der Waals surface area (Å²) in [7, 11) is 0. The van der Waals surface area contributed by atoms with Gasteiger partial charge in [-0.15, -0.1) is 18.3 Å². The van der Waals surface area contributed by atoms with E-state index in [1.165, 1.54) is 11.8 Å². The van der Waals surface area contributed by atoms with Crippen LogP contribution in [0.5, 0.6) is 0 Å². The maximum absolute atomic E-state index is 11.2. The Morgan fingerprint density at radius 3 is 2.82 bits per heavy atom. The molecule has 90 valence electrons. The largest absolute Gasteiger partial charge is 0.478 e. The first kappa shape index (κ1) is 12.1. The first-order valence-electron chi connectivity index (χ1n) is 5.49. The molecule has 1 heterocycles. The zero-order valence-electron chi connectivity index (χ0n) is 9.64. The van der Waals surface area contributed by atoms with Gasteiger partial charge in [0.25, 0.3) is 0 Å². The number of carboxylic acids is 1. The molecule has 0 aromatic carbocycles. The van der Waals surface area contributed by atoms with Crippen molar-refractivity contribution in [2.75, 3.05) is 5.75 Å². The van der Waals surface area contributed by atoms with Crippen molar-refractivity contribution in [1.29, 1.82) is 0 Å². The number of nitrogens with zero attached hydrogens (tertiary/aromatic N) is 2. The lowest BCUT2D eigenvalue weighted by Crippen LogP contribution is -2.09. The van der Waals surface area contributed by atoms with Gasteiger partial charge in [0.05, 0.1) is 5.69 Å². The minimum Gasteiger partial charge on any atom is -0.478 e. The number of rotatable bonds is 5. The Labute approximate surface area is 104 Å². The molecule has 1 saturated carbocycles. The second-order valence-electron chi connectivity index (χ2n) is 4.03. The average molecular weight is 250 g/mol. The first-order valence-corrected chi connectivity index (χ1v) is 6.47. The predicted molar refractivity (Wildman–Crippen MR) is 66.6 cm³/mol. The number of aromatic carboxylic acids is 1. The Kier molecular flexibility index (Phi) is 3.47. The van der Waals surface area contributed by atoms with Crippen LogP contribution >= 0.6 is 11.8 Å². The lowest BCUT2D eigenvalue weighted by atomic mass is 10.2. The SMILES string of the molecule is C=CCSc1nc(C2CC2)nc(C)c1C(=O)O. The molecule has 1 aromatic heterocycles. The van der Waals surface area contributed by atoms with Crippen LogP contribution in [-0.4, -0.2) is 26.8 Å². The summed E-state index contributed by atoms with van der Waals surface area (Å²) in [5.41, 5.74) is 0.780. The summed E-state index contributed by atoms with van der Waals surface area (Å²) in [6, 6.07) is 0. The summed E-state index contributed by atoms with van der Waals surface area (Å²) >= 11 is 1.40. The van der Waals surface area contributed by atoms with E-state index in [-0.39, 0.29) is 5.56 Å². The minimum atomic E-state index is -0.962. The van der Waals surface area contributed by atoms with Gasteiger partial charge >= 0.3 is 5.97 Å². The molecule has 4 nitrogen and oxygen atoms in total. The Morgan fingerprint density at radius 1 is 1.59 bits per heavy atom. The molecular weight excluding hydrogens is 236 g/mol. The number of thioether (sulfide) groups is 1. The summed E-state index contributed by atoms with van der Waals surface area (Å²) in [6.45, 7) is 5.36. The van der Waals surface area contributed by atoms with Crippen molar-refractivity contribution in [3.05, 3.63) is 29.7 Å². The van der Waals surface area contributed by atoms with Gasteiger partial charge in [-0.05, 0) is 19.8 Å². The number of carboxylic acid groups (broad SMARTS) is 1. The van der Waals surface area contributed by atoms with Crippen LogP contribution in [0.25, 0.3) is 0 Å². The third-order valence-electron chi connectivity index (χ3n) is 2.57. The lowest BCUT2D eigenvalue weighted by molar-refractivity contribution is 0.0690. The van der Waals surface area contributed by atoms with Gasteiger partial charge in [-0.3, -0.25) is 0 Å². The summed E-state index contributed by atoms with van der Waals surface area (Å²) < 4.78 is 0. The number of carbonyl (C=O) groups is 1. The summed E-state index contributed by atoms with van der Waals surface area (Å²) in [5.74, 6) is 0.913. The molecule has 0 atom stereocenters.